The van der Waals surface area contributed by atoms with E-state index >= 15 is 0 Å². The molecule has 0 saturated carbocycles. The molecule has 10 heteroatoms. The number of primary amides is 1. The summed E-state index contributed by atoms with van der Waals surface area (Å²) in [6.45, 7) is 3.99. The smallest absolute Gasteiger partial charge is 0.240 e. The van der Waals surface area contributed by atoms with Crippen molar-refractivity contribution in [2.75, 3.05) is 32.4 Å². The highest BCUT2D eigenvalue weighted by Crippen LogP contribution is 2.20. The zero-order valence-electron chi connectivity index (χ0n) is 15.6. The SMILES string of the molecule is Cc1ccc(S(C)(=O)=O)cc1S(=O)(=O)NCCCN1CCCC(C(N)=O)C1. The largest absolute Gasteiger partial charge is 0.369 e. The Morgan fingerprint density at radius 1 is 1.30 bits per heavy atom. The van der Waals surface area contributed by atoms with E-state index in [1.165, 1.54) is 18.2 Å². The van der Waals surface area contributed by atoms with E-state index in [-0.39, 0.29) is 28.2 Å². The van der Waals surface area contributed by atoms with Gasteiger partial charge in [-0.1, -0.05) is 6.07 Å². The fourth-order valence-corrected chi connectivity index (χ4v) is 5.24. The summed E-state index contributed by atoms with van der Waals surface area (Å²) < 4.78 is 51.0. The molecule has 1 unspecified atom stereocenters. The van der Waals surface area contributed by atoms with Crippen molar-refractivity contribution in [3.8, 4) is 0 Å². The molecule has 3 N–H and O–H groups in total. The zero-order valence-corrected chi connectivity index (χ0v) is 17.3. The van der Waals surface area contributed by atoms with Crippen molar-refractivity contribution >= 4 is 25.8 Å². The highest BCUT2D eigenvalue weighted by molar-refractivity contribution is 7.91. The van der Waals surface area contributed by atoms with Gasteiger partial charge in [0.2, 0.25) is 15.9 Å². The van der Waals surface area contributed by atoms with Crippen molar-refractivity contribution < 1.29 is 21.6 Å². The molecule has 1 saturated heterocycles. The zero-order chi connectivity index (χ0) is 20.2. The number of sulfone groups is 1. The minimum Gasteiger partial charge on any atom is -0.369 e. The van der Waals surface area contributed by atoms with Crippen LogP contribution in [0.3, 0.4) is 0 Å². The van der Waals surface area contributed by atoms with Crippen LogP contribution in [0.1, 0.15) is 24.8 Å². The number of piperidine rings is 1. The first-order valence-electron chi connectivity index (χ1n) is 8.83. The lowest BCUT2D eigenvalue weighted by molar-refractivity contribution is -0.123. The first kappa shape index (κ1) is 21.8. The molecular weight excluding hydrogens is 390 g/mol. The summed E-state index contributed by atoms with van der Waals surface area (Å²) in [5.41, 5.74) is 5.84. The van der Waals surface area contributed by atoms with E-state index in [4.69, 9.17) is 5.73 Å². The maximum Gasteiger partial charge on any atom is 0.240 e. The van der Waals surface area contributed by atoms with Gasteiger partial charge in [0, 0.05) is 19.3 Å². The van der Waals surface area contributed by atoms with Crippen LogP contribution in [0.15, 0.2) is 28.0 Å². The molecule has 1 aromatic carbocycles. The Labute approximate surface area is 161 Å². The molecule has 2 rings (SSSR count). The van der Waals surface area contributed by atoms with Crippen molar-refractivity contribution in [3.63, 3.8) is 0 Å². The Kier molecular flexibility index (Phi) is 7.01. The molecule has 27 heavy (non-hydrogen) atoms. The maximum atomic E-state index is 12.5. The number of rotatable bonds is 8. The predicted molar refractivity (Wildman–Crippen MR) is 102 cm³/mol. The molecule has 8 nitrogen and oxygen atoms in total. The van der Waals surface area contributed by atoms with Gasteiger partial charge in [0.25, 0.3) is 0 Å². The molecular formula is C17H27N3O5S2. The summed E-state index contributed by atoms with van der Waals surface area (Å²) in [4.78, 5) is 13.4. The third-order valence-corrected chi connectivity index (χ3v) is 7.44. The molecule has 0 bridgehead atoms. The molecule has 1 fully saturated rings. The van der Waals surface area contributed by atoms with Gasteiger partial charge in [-0.3, -0.25) is 4.79 Å². The molecule has 0 radical (unpaired) electrons. The summed E-state index contributed by atoms with van der Waals surface area (Å²) >= 11 is 0. The van der Waals surface area contributed by atoms with Crippen molar-refractivity contribution in [1.29, 1.82) is 0 Å². The topological polar surface area (TPSA) is 127 Å². The van der Waals surface area contributed by atoms with Gasteiger partial charge in [0.15, 0.2) is 9.84 Å². The van der Waals surface area contributed by atoms with Crippen molar-refractivity contribution in [3.05, 3.63) is 23.8 Å². The van der Waals surface area contributed by atoms with E-state index in [2.05, 4.69) is 9.62 Å². The third-order valence-electron chi connectivity index (χ3n) is 4.73. The van der Waals surface area contributed by atoms with Crippen LogP contribution in [0.4, 0.5) is 0 Å². The number of aryl methyl sites for hydroxylation is 1. The van der Waals surface area contributed by atoms with Gasteiger partial charge in [-0.05, 0) is 57.0 Å². The molecule has 1 aliphatic heterocycles. The van der Waals surface area contributed by atoms with Gasteiger partial charge in [-0.2, -0.15) is 0 Å². The van der Waals surface area contributed by atoms with Crippen LogP contribution in [-0.2, 0) is 24.7 Å². The fourth-order valence-electron chi connectivity index (χ4n) is 3.18. The number of hydrogen-bond acceptors (Lipinski definition) is 6. The number of sulfonamides is 1. The quantitative estimate of drug-likeness (QED) is 0.585. The Balaban J connectivity index is 1.95. The Hall–Kier alpha value is -1.49. The molecule has 152 valence electrons. The average Bonchev–Trinajstić information content (AvgIpc) is 2.58. The van der Waals surface area contributed by atoms with Crippen LogP contribution in [0, 0.1) is 12.8 Å². The molecule has 1 amide bonds. The number of nitrogens with two attached hydrogens (primary N) is 1. The summed E-state index contributed by atoms with van der Waals surface area (Å²) in [6, 6.07) is 4.08. The van der Waals surface area contributed by atoms with Crippen LogP contribution >= 0.6 is 0 Å². The van der Waals surface area contributed by atoms with E-state index in [0.717, 1.165) is 25.6 Å². The van der Waals surface area contributed by atoms with Gasteiger partial charge >= 0.3 is 0 Å². The molecule has 1 aromatic rings. The lowest BCUT2D eigenvalue weighted by atomic mass is 9.97. The van der Waals surface area contributed by atoms with Crippen LogP contribution in [0.5, 0.6) is 0 Å². The third kappa shape index (κ3) is 6.00. The van der Waals surface area contributed by atoms with Gasteiger partial charge < -0.3 is 10.6 Å². The van der Waals surface area contributed by atoms with Gasteiger partial charge in [-0.25, -0.2) is 21.6 Å². The molecule has 0 aromatic heterocycles. The van der Waals surface area contributed by atoms with Gasteiger partial charge in [-0.15, -0.1) is 0 Å². The average molecular weight is 418 g/mol. The second-order valence-electron chi connectivity index (χ2n) is 6.99. The standard InChI is InChI=1S/C17H27N3O5S2/c1-13-6-7-15(26(2,22)23)11-16(13)27(24,25)19-8-4-10-20-9-3-5-14(12-20)17(18)21/h6-7,11,14,19H,3-5,8-10,12H2,1-2H3,(H2,18,21). The molecule has 1 atom stereocenters. The van der Waals surface area contributed by atoms with Gasteiger partial charge in [0.1, 0.15) is 0 Å². The van der Waals surface area contributed by atoms with Crippen molar-refractivity contribution in [2.45, 2.75) is 36.0 Å². The Morgan fingerprint density at radius 2 is 2.00 bits per heavy atom. The fraction of sp³-hybridized carbons (Fsp3) is 0.588. The number of nitrogens with one attached hydrogen (secondary N) is 1. The molecule has 0 spiro atoms. The lowest BCUT2D eigenvalue weighted by Gasteiger charge is -2.31. The number of nitrogens with zero attached hydrogens (tertiary/aromatic N) is 1. The predicted octanol–water partition coefficient (Wildman–Crippen LogP) is 0.264. The minimum atomic E-state index is -3.81. The van der Waals surface area contributed by atoms with Gasteiger partial charge in [0.05, 0.1) is 15.7 Å². The van der Waals surface area contributed by atoms with E-state index in [9.17, 15) is 21.6 Å². The normalized spacial score (nSPS) is 19.1. The number of benzene rings is 1. The number of amides is 1. The maximum absolute atomic E-state index is 12.5. The van der Waals surface area contributed by atoms with Crippen LogP contribution in [-0.4, -0.2) is 60.1 Å². The first-order chi connectivity index (χ1) is 12.5. The number of carbonyl (C=O) groups is 1. The number of carbonyl (C=O) groups excluding carboxylic acids is 1. The highest BCUT2D eigenvalue weighted by Gasteiger charge is 2.24. The Bertz CT molecular complexity index is 897. The van der Waals surface area contributed by atoms with E-state index in [1.807, 2.05) is 0 Å². The van der Waals surface area contributed by atoms with E-state index in [1.54, 1.807) is 6.92 Å². The lowest BCUT2D eigenvalue weighted by Crippen LogP contribution is -2.42. The summed E-state index contributed by atoms with van der Waals surface area (Å²) in [7, 11) is -7.30. The van der Waals surface area contributed by atoms with Crippen LogP contribution < -0.4 is 10.5 Å². The summed E-state index contributed by atoms with van der Waals surface area (Å²) in [5, 5.41) is 0. The minimum absolute atomic E-state index is 0.0284. The second kappa shape index (κ2) is 8.68. The second-order valence-corrected chi connectivity index (χ2v) is 10.7. The van der Waals surface area contributed by atoms with E-state index < -0.39 is 19.9 Å². The Morgan fingerprint density at radius 3 is 2.63 bits per heavy atom. The van der Waals surface area contributed by atoms with Crippen molar-refractivity contribution in [1.82, 2.24) is 9.62 Å². The van der Waals surface area contributed by atoms with Crippen LogP contribution in [0.25, 0.3) is 0 Å². The molecule has 1 aliphatic rings. The van der Waals surface area contributed by atoms with E-state index in [0.29, 0.717) is 25.1 Å². The van der Waals surface area contributed by atoms with Crippen LogP contribution in [0.2, 0.25) is 0 Å². The molecule has 0 aliphatic carbocycles. The van der Waals surface area contributed by atoms with Crippen molar-refractivity contribution in [2.24, 2.45) is 11.7 Å². The first-order valence-corrected chi connectivity index (χ1v) is 12.2. The molecule has 1 heterocycles. The number of hydrogen-bond donors (Lipinski definition) is 2. The summed E-state index contributed by atoms with van der Waals surface area (Å²) in [5.74, 6) is -0.432. The highest BCUT2D eigenvalue weighted by atomic mass is 32.2. The monoisotopic (exact) mass is 417 g/mol. The summed E-state index contributed by atoms with van der Waals surface area (Å²) in [6.07, 6.45) is 3.32. The number of likely N-dealkylation sites (tertiary alicyclic amines) is 1.